The molecule has 5 nitrogen and oxygen atoms in total. The number of nitrogens with one attached hydrogen (secondary N) is 1. The molecule has 0 saturated heterocycles. The Labute approximate surface area is 114 Å². The first-order valence-corrected chi connectivity index (χ1v) is 6.60. The van der Waals surface area contributed by atoms with Crippen molar-refractivity contribution in [3.63, 3.8) is 0 Å². The van der Waals surface area contributed by atoms with Crippen molar-refractivity contribution in [3.05, 3.63) is 11.2 Å². The van der Waals surface area contributed by atoms with Gasteiger partial charge in [0, 0.05) is 12.6 Å². The molecular weight excluding hydrogens is 250 g/mol. The zero-order valence-corrected chi connectivity index (χ0v) is 12.0. The molecule has 0 fully saturated rings. The zero-order valence-electron chi connectivity index (χ0n) is 11.3. The quantitative estimate of drug-likeness (QED) is 0.745. The van der Waals surface area contributed by atoms with Crippen LogP contribution >= 0.6 is 11.6 Å². The van der Waals surface area contributed by atoms with Gasteiger partial charge in [-0.05, 0) is 40.3 Å². The molecule has 0 unspecified atom stereocenters. The second-order valence-corrected chi connectivity index (χ2v) is 5.04. The van der Waals surface area contributed by atoms with E-state index < -0.39 is 0 Å². The summed E-state index contributed by atoms with van der Waals surface area (Å²) in [5.74, 6) is 0.850. The van der Waals surface area contributed by atoms with Crippen LogP contribution in [0.4, 0.5) is 11.8 Å². The minimum Gasteiger partial charge on any atom is -0.369 e. The van der Waals surface area contributed by atoms with Crippen molar-refractivity contribution in [1.82, 2.24) is 14.9 Å². The molecule has 1 aromatic heterocycles. The lowest BCUT2D eigenvalue weighted by Gasteiger charge is -2.20. The number of nitrogens with zero attached hydrogens (tertiary/aromatic N) is 3. The molecule has 0 aliphatic rings. The van der Waals surface area contributed by atoms with Crippen molar-refractivity contribution in [3.8, 4) is 0 Å². The number of nitrogens with two attached hydrogens (primary N) is 1. The lowest BCUT2D eigenvalue weighted by atomic mass is 10.2. The Balaban J connectivity index is 2.24. The summed E-state index contributed by atoms with van der Waals surface area (Å²) in [7, 11) is 2.14. The highest BCUT2D eigenvalue weighted by Gasteiger charge is 2.04. The van der Waals surface area contributed by atoms with E-state index in [1.54, 1.807) is 0 Å². The maximum Gasteiger partial charge on any atom is 0.222 e. The molecule has 0 saturated carbocycles. The van der Waals surface area contributed by atoms with Gasteiger partial charge in [0.25, 0.3) is 0 Å². The van der Waals surface area contributed by atoms with Gasteiger partial charge in [0.2, 0.25) is 5.95 Å². The third kappa shape index (κ3) is 5.06. The molecule has 0 aliphatic carbocycles. The average Bonchev–Trinajstić information content (AvgIpc) is 2.32. The van der Waals surface area contributed by atoms with Gasteiger partial charge in [0.05, 0.1) is 6.20 Å². The van der Waals surface area contributed by atoms with Gasteiger partial charge in [-0.1, -0.05) is 11.6 Å². The monoisotopic (exact) mass is 271 g/mol. The third-order valence-corrected chi connectivity index (χ3v) is 3.15. The molecular formula is C12H22ClN5. The largest absolute Gasteiger partial charge is 0.369 e. The fraction of sp³-hybridized carbons (Fsp3) is 0.667. The van der Waals surface area contributed by atoms with Crippen molar-refractivity contribution in [1.29, 1.82) is 0 Å². The van der Waals surface area contributed by atoms with E-state index in [-0.39, 0.29) is 5.95 Å². The SMILES string of the molecule is CC(C)N(C)CCCCNc1nc(N)ncc1Cl. The van der Waals surface area contributed by atoms with Gasteiger partial charge in [-0.15, -0.1) is 0 Å². The zero-order chi connectivity index (χ0) is 13.5. The number of rotatable bonds is 7. The number of hydrogen-bond donors (Lipinski definition) is 2. The first-order valence-electron chi connectivity index (χ1n) is 6.23. The second kappa shape index (κ2) is 7.38. The van der Waals surface area contributed by atoms with E-state index in [0.717, 1.165) is 25.9 Å². The molecule has 1 heterocycles. The summed E-state index contributed by atoms with van der Waals surface area (Å²) in [6, 6.07) is 0.592. The lowest BCUT2D eigenvalue weighted by molar-refractivity contribution is 0.269. The summed E-state index contributed by atoms with van der Waals surface area (Å²) in [5.41, 5.74) is 5.50. The molecule has 0 atom stereocenters. The summed E-state index contributed by atoms with van der Waals surface area (Å²) in [5, 5.41) is 3.68. The number of hydrogen-bond acceptors (Lipinski definition) is 5. The third-order valence-electron chi connectivity index (χ3n) is 2.87. The van der Waals surface area contributed by atoms with Gasteiger partial charge in [0.15, 0.2) is 0 Å². The van der Waals surface area contributed by atoms with Gasteiger partial charge in [-0.25, -0.2) is 4.98 Å². The molecule has 0 amide bonds. The van der Waals surface area contributed by atoms with E-state index in [1.165, 1.54) is 6.20 Å². The molecule has 0 spiro atoms. The smallest absolute Gasteiger partial charge is 0.222 e. The van der Waals surface area contributed by atoms with Gasteiger partial charge in [-0.2, -0.15) is 4.98 Å². The predicted molar refractivity (Wildman–Crippen MR) is 76.9 cm³/mol. The average molecular weight is 272 g/mol. The molecule has 3 N–H and O–H groups in total. The summed E-state index contributed by atoms with van der Waals surface area (Å²) >= 11 is 5.95. The Morgan fingerprint density at radius 2 is 2.17 bits per heavy atom. The molecule has 1 aromatic rings. The van der Waals surface area contributed by atoms with Crippen LogP contribution < -0.4 is 11.1 Å². The molecule has 102 valence electrons. The Morgan fingerprint density at radius 1 is 1.44 bits per heavy atom. The Morgan fingerprint density at radius 3 is 2.83 bits per heavy atom. The minimum absolute atomic E-state index is 0.237. The number of halogens is 1. The molecule has 0 aliphatic heterocycles. The molecule has 18 heavy (non-hydrogen) atoms. The van der Waals surface area contributed by atoms with E-state index in [4.69, 9.17) is 17.3 Å². The normalized spacial score (nSPS) is 11.2. The second-order valence-electron chi connectivity index (χ2n) is 4.63. The number of nitrogen functional groups attached to an aromatic ring is 1. The van der Waals surface area contributed by atoms with Crippen molar-refractivity contribution >= 4 is 23.4 Å². The van der Waals surface area contributed by atoms with Crippen LogP contribution in [0.1, 0.15) is 26.7 Å². The van der Waals surface area contributed by atoms with Crippen molar-refractivity contribution in [2.24, 2.45) is 0 Å². The summed E-state index contributed by atoms with van der Waals surface area (Å²) in [4.78, 5) is 10.2. The highest BCUT2D eigenvalue weighted by Crippen LogP contribution is 2.18. The van der Waals surface area contributed by atoms with Crippen LogP contribution in [-0.4, -0.2) is 41.0 Å². The van der Waals surface area contributed by atoms with Gasteiger partial charge >= 0.3 is 0 Å². The summed E-state index contributed by atoms with van der Waals surface area (Å²) in [6.07, 6.45) is 3.72. The number of anilines is 2. The van der Waals surface area contributed by atoms with Crippen LogP contribution in [0.5, 0.6) is 0 Å². The van der Waals surface area contributed by atoms with Crippen LogP contribution in [0.2, 0.25) is 5.02 Å². The summed E-state index contributed by atoms with van der Waals surface area (Å²) < 4.78 is 0. The maximum atomic E-state index is 5.95. The molecule has 1 rings (SSSR count). The Kier molecular flexibility index (Phi) is 6.15. The van der Waals surface area contributed by atoms with Crippen molar-refractivity contribution in [2.75, 3.05) is 31.2 Å². The van der Waals surface area contributed by atoms with Crippen LogP contribution in [0, 0.1) is 0 Å². The first-order chi connectivity index (χ1) is 8.50. The van der Waals surface area contributed by atoms with Crippen LogP contribution in [0.3, 0.4) is 0 Å². The van der Waals surface area contributed by atoms with E-state index >= 15 is 0 Å². The van der Waals surface area contributed by atoms with Crippen LogP contribution in [-0.2, 0) is 0 Å². The van der Waals surface area contributed by atoms with Gasteiger partial charge in [-0.3, -0.25) is 0 Å². The van der Waals surface area contributed by atoms with E-state index in [2.05, 4.69) is 41.1 Å². The van der Waals surface area contributed by atoms with Gasteiger partial charge in [0.1, 0.15) is 10.8 Å². The van der Waals surface area contributed by atoms with Crippen molar-refractivity contribution in [2.45, 2.75) is 32.7 Å². The van der Waals surface area contributed by atoms with Crippen LogP contribution in [0.15, 0.2) is 6.20 Å². The fourth-order valence-corrected chi connectivity index (χ4v) is 1.61. The van der Waals surface area contributed by atoms with Gasteiger partial charge < -0.3 is 16.0 Å². The molecule has 0 radical (unpaired) electrons. The summed E-state index contributed by atoms with van der Waals surface area (Å²) in [6.45, 7) is 6.32. The number of aromatic nitrogens is 2. The Hall–Kier alpha value is -1.07. The highest BCUT2D eigenvalue weighted by molar-refractivity contribution is 6.32. The molecule has 6 heteroatoms. The van der Waals surface area contributed by atoms with Crippen LogP contribution in [0.25, 0.3) is 0 Å². The Bertz CT molecular complexity index is 369. The first kappa shape index (κ1) is 15.0. The topological polar surface area (TPSA) is 67.1 Å². The predicted octanol–water partition coefficient (Wildman–Crippen LogP) is 2.24. The van der Waals surface area contributed by atoms with Crippen molar-refractivity contribution < 1.29 is 0 Å². The van der Waals surface area contributed by atoms with E-state index in [1.807, 2.05) is 0 Å². The minimum atomic E-state index is 0.237. The van der Waals surface area contributed by atoms with E-state index in [0.29, 0.717) is 16.9 Å². The lowest BCUT2D eigenvalue weighted by Crippen LogP contribution is -2.27. The number of unbranched alkanes of at least 4 members (excludes halogenated alkanes) is 1. The molecule has 0 bridgehead atoms. The molecule has 0 aromatic carbocycles. The standard InChI is InChI=1S/C12H22ClN5/c1-9(2)18(3)7-5-4-6-15-11-10(13)8-16-12(14)17-11/h8-9H,4-7H2,1-3H3,(H3,14,15,16,17). The van der Waals surface area contributed by atoms with E-state index in [9.17, 15) is 0 Å². The highest BCUT2D eigenvalue weighted by atomic mass is 35.5. The fourth-order valence-electron chi connectivity index (χ4n) is 1.46. The maximum absolute atomic E-state index is 5.95.